The molecule has 0 aliphatic heterocycles. The van der Waals surface area contributed by atoms with Gasteiger partial charge in [-0.3, -0.25) is 33.8 Å². The van der Waals surface area contributed by atoms with Gasteiger partial charge in [-0.1, -0.05) is 62.4 Å². The van der Waals surface area contributed by atoms with Crippen molar-refractivity contribution in [1.29, 1.82) is 0 Å². The van der Waals surface area contributed by atoms with Gasteiger partial charge in [-0.25, -0.2) is 4.79 Å². The third kappa shape index (κ3) is 17.8. The van der Waals surface area contributed by atoms with E-state index in [2.05, 4.69) is 31.6 Å². The van der Waals surface area contributed by atoms with Crippen LogP contribution in [0.15, 0.2) is 65.7 Å². The molecule has 0 unspecified atom stereocenters. The number of nitrogens with one attached hydrogen (secondary N) is 5. The molecule has 5 atom stereocenters. The Morgan fingerprint density at radius 2 is 1.33 bits per heavy atom. The molecular formula is C36H51N9O9S. The molecule has 0 aliphatic rings. The van der Waals surface area contributed by atoms with Gasteiger partial charge in [0.05, 0.1) is 11.8 Å². The summed E-state index contributed by atoms with van der Waals surface area (Å²) in [6.07, 6.45) is -0.641. The number of hydrogen-bond donors (Lipinski definition) is 10. The molecule has 18 nitrogen and oxygen atoms in total. The molecule has 55 heavy (non-hydrogen) atoms. The minimum atomic E-state index is -1.41. The Morgan fingerprint density at radius 3 is 1.91 bits per heavy atom. The highest BCUT2D eigenvalue weighted by Crippen LogP contribution is 2.11. The summed E-state index contributed by atoms with van der Waals surface area (Å²) < 4.78 is 0. The number of carbonyl (C=O) groups excluding carboxylic acids is 5. The summed E-state index contributed by atoms with van der Waals surface area (Å²) in [5.41, 5.74) is 17.9. The van der Waals surface area contributed by atoms with Crippen molar-refractivity contribution in [1.82, 2.24) is 21.3 Å². The summed E-state index contributed by atoms with van der Waals surface area (Å²) in [6, 6.07) is 11.0. The number of carboxylic acids is 2. The maximum absolute atomic E-state index is 13.7. The summed E-state index contributed by atoms with van der Waals surface area (Å²) >= 11 is 1.08. The molecule has 2 aromatic carbocycles. The summed E-state index contributed by atoms with van der Waals surface area (Å²) in [6.45, 7) is 3.38. The van der Waals surface area contributed by atoms with Gasteiger partial charge in [-0.05, 0) is 42.9 Å². The Bertz CT molecular complexity index is 1630. The number of carboxylic acid groups (broad SMARTS) is 2. The van der Waals surface area contributed by atoms with Crippen LogP contribution in [0.25, 0.3) is 0 Å². The van der Waals surface area contributed by atoms with Crippen molar-refractivity contribution in [2.75, 3.05) is 23.4 Å². The van der Waals surface area contributed by atoms with Crippen LogP contribution >= 0.6 is 11.8 Å². The van der Waals surface area contributed by atoms with Crippen LogP contribution in [-0.4, -0.2) is 106 Å². The molecule has 300 valence electrons. The van der Waals surface area contributed by atoms with E-state index in [4.69, 9.17) is 17.2 Å². The van der Waals surface area contributed by atoms with Crippen LogP contribution in [0.4, 0.5) is 5.69 Å². The first-order valence-electron chi connectivity index (χ1n) is 17.5. The van der Waals surface area contributed by atoms with Crippen LogP contribution in [-0.2, 0) is 40.0 Å². The van der Waals surface area contributed by atoms with Crippen molar-refractivity contribution in [2.24, 2.45) is 28.1 Å². The molecule has 0 saturated heterocycles. The average molecular weight is 786 g/mol. The monoisotopic (exact) mass is 785 g/mol. The number of nitrogens with zero attached hydrogens (tertiary/aromatic N) is 1. The SMILES string of the molecule is CC(C)[C@H](NC(=O)[C@H](CCC(=O)O)NC(=O)[C@@H](N)CSCC(=O)Nc1ccccc1)C(=O)N[C@@H](Cc1ccccc1)C(=O)N[C@@H](CCCN=C(N)N)C(=O)O. The van der Waals surface area contributed by atoms with E-state index in [1.165, 1.54) is 0 Å². The number of anilines is 1. The molecule has 0 heterocycles. The molecule has 0 radical (unpaired) electrons. The lowest BCUT2D eigenvalue weighted by molar-refractivity contribution is -0.142. The Hall–Kier alpha value is -5.69. The molecule has 0 spiro atoms. The van der Waals surface area contributed by atoms with Gasteiger partial charge in [0.25, 0.3) is 0 Å². The molecule has 0 saturated carbocycles. The Morgan fingerprint density at radius 1 is 0.745 bits per heavy atom. The van der Waals surface area contributed by atoms with Gasteiger partial charge in [0.2, 0.25) is 29.5 Å². The second-order valence-corrected chi connectivity index (χ2v) is 13.9. The number of guanidine groups is 1. The van der Waals surface area contributed by atoms with Crippen LogP contribution in [0.3, 0.4) is 0 Å². The summed E-state index contributed by atoms with van der Waals surface area (Å²) in [7, 11) is 0. The number of thioether (sulfide) groups is 1. The topological polar surface area (TPSA) is 311 Å². The average Bonchev–Trinajstić information content (AvgIpc) is 3.13. The van der Waals surface area contributed by atoms with Crippen molar-refractivity contribution < 1.29 is 43.8 Å². The highest BCUT2D eigenvalue weighted by atomic mass is 32.2. The van der Waals surface area contributed by atoms with Crippen LogP contribution in [0.5, 0.6) is 0 Å². The lowest BCUT2D eigenvalue weighted by Crippen LogP contribution is -2.60. The quantitative estimate of drug-likeness (QED) is 0.0366. The van der Waals surface area contributed by atoms with E-state index in [9.17, 15) is 43.8 Å². The minimum Gasteiger partial charge on any atom is -0.481 e. The molecule has 0 bridgehead atoms. The van der Waals surface area contributed by atoms with Gasteiger partial charge in [-0.15, -0.1) is 11.8 Å². The highest BCUT2D eigenvalue weighted by molar-refractivity contribution is 8.00. The smallest absolute Gasteiger partial charge is 0.326 e. The Labute approximate surface area is 323 Å². The number of rotatable bonds is 24. The normalized spacial score (nSPS) is 13.5. The Kier molecular flexibility index (Phi) is 19.7. The molecule has 0 aromatic heterocycles. The van der Waals surface area contributed by atoms with Gasteiger partial charge in [0.15, 0.2) is 5.96 Å². The largest absolute Gasteiger partial charge is 0.481 e. The van der Waals surface area contributed by atoms with E-state index >= 15 is 0 Å². The maximum Gasteiger partial charge on any atom is 0.326 e. The van der Waals surface area contributed by atoms with Gasteiger partial charge >= 0.3 is 11.9 Å². The van der Waals surface area contributed by atoms with Gasteiger partial charge in [-0.2, -0.15) is 0 Å². The fraction of sp³-hybridized carbons (Fsp3) is 0.444. The van der Waals surface area contributed by atoms with Crippen molar-refractivity contribution in [2.45, 2.75) is 76.2 Å². The van der Waals surface area contributed by atoms with Crippen molar-refractivity contribution in [3.05, 3.63) is 66.2 Å². The van der Waals surface area contributed by atoms with Crippen LogP contribution in [0.2, 0.25) is 0 Å². The van der Waals surface area contributed by atoms with Crippen LogP contribution in [0.1, 0.15) is 45.1 Å². The molecule has 13 N–H and O–H groups in total. The first kappa shape index (κ1) is 45.5. The van der Waals surface area contributed by atoms with E-state index < -0.39 is 78.1 Å². The molecule has 2 aromatic rings. The van der Waals surface area contributed by atoms with Gasteiger partial charge < -0.3 is 54.0 Å². The second kappa shape index (κ2) is 23.9. The highest BCUT2D eigenvalue weighted by Gasteiger charge is 2.33. The fourth-order valence-electron chi connectivity index (χ4n) is 5.03. The number of benzene rings is 2. The standard InChI is InChI=1S/C36H51N9O9S/c1-21(2)30(34(52)44-27(18-22-10-5-3-6-11-22)33(51)43-26(35(53)54)14-9-17-40-36(38)39)45-32(50)25(15-16-29(47)48)42-31(49)24(37)19-55-20-28(46)41-23-12-7-4-8-13-23/h3-8,10-13,21,24-27,30H,9,14-20,37H2,1-2H3,(H,41,46)(H,42,49)(H,43,51)(H,44,52)(H,45,50)(H,47,48)(H,53,54)(H4,38,39,40)/t24-,25-,26-,27-,30-/m0/s1. The number of amides is 5. The first-order valence-corrected chi connectivity index (χ1v) is 18.7. The van der Waals surface area contributed by atoms with Crippen molar-refractivity contribution in [3.8, 4) is 0 Å². The minimum absolute atomic E-state index is 0.00219. The van der Waals surface area contributed by atoms with E-state index in [-0.39, 0.29) is 55.6 Å². The second-order valence-electron chi connectivity index (χ2n) is 12.9. The predicted octanol–water partition coefficient (Wildman–Crippen LogP) is -0.473. The first-order chi connectivity index (χ1) is 26.1. The zero-order chi connectivity index (χ0) is 40.9. The molecular weight excluding hydrogens is 735 g/mol. The van der Waals surface area contributed by atoms with Gasteiger partial charge in [0.1, 0.15) is 24.2 Å². The van der Waals surface area contributed by atoms with Gasteiger partial charge in [0, 0.05) is 30.8 Å². The zero-order valence-electron chi connectivity index (χ0n) is 30.7. The number of hydrogen-bond acceptors (Lipinski definition) is 10. The summed E-state index contributed by atoms with van der Waals surface area (Å²) in [4.78, 5) is 93.2. The maximum atomic E-state index is 13.7. The number of aliphatic imine (C=N–C) groups is 1. The van der Waals surface area contributed by atoms with E-state index in [1.54, 1.807) is 74.5 Å². The predicted molar refractivity (Wildman–Crippen MR) is 207 cm³/mol. The number of para-hydroxylation sites is 1. The lowest BCUT2D eigenvalue weighted by atomic mass is 9.99. The number of aliphatic carboxylic acids is 2. The van der Waals surface area contributed by atoms with Crippen molar-refractivity contribution >= 4 is 64.9 Å². The van der Waals surface area contributed by atoms with Crippen LogP contribution in [0, 0.1) is 5.92 Å². The van der Waals surface area contributed by atoms with E-state index in [0.717, 1.165) is 11.8 Å². The molecule has 0 aliphatic carbocycles. The third-order valence-electron chi connectivity index (χ3n) is 7.93. The van der Waals surface area contributed by atoms with E-state index in [0.29, 0.717) is 11.3 Å². The molecule has 19 heteroatoms. The summed E-state index contributed by atoms with van der Waals surface area (Å²) in [5, 5.41) is 31.9. The summed E-state index contributed by atoms with van der Waals surface area (Å²) in [5.74, 6) is -6.83. The zero-order valence-corrected chi connectivity index (χ0v) is 31.6. The molecule has 5 amide bonds. The van der Waals surface area contributed by atoms with Crippen molar-refractivity contribution in [3.63, 3.8) is 0 Å². The van der Waals surface area contributed by atoms with E-state index in [1.807, 2.05) is 0 Å². The molecule has 0 fully saturated rings. The fourth-order valence-corrected chi connectivity index (χ4v) is 5.81. The number of nitrogens with two attached hydrogens (primary N) is 3. The number of carbonyl (C=O) groups is 7. The Balaban J connectivity index is 2.15. The van der Waals surface area contributed by atoms with Crippen LogP contribution < -0.4 is 43.8 Å². The lowest BCUT2D eigenvalue weighted by Gasteiger charge is -2.28. The third-order valence-corrected chi connectivity index (χ3v) is 8.99. The molecule has 2 rings (SSSR count).